The van der Waals surface area contributed by atoms with Crippen LogP contribution in [0.2, 0.25) is 0 Å². The number of esters is 1. The average Bonchev–Trinajstić information content (AvgIpc) is 2.38. The lowest BCUT2D eigenvalue weighted by Gasteiger charge is -2.13. The summed E-state index contributed by atoms with van der Waals surface area (Å²) in [5.74, 6) is -0.529. The number of carbonyl (C=O) groups is 1. The van der Waals surface area contributed by atoms with Gasteiger partial charge in [0.05, 0.1) is 5.56 Å². The van der Waals surface area contributed by atoms with Crippen LogP contribution in [0.15, 0.2) is 42.5 Å². The Morgan fingerprint density at radius 1 is 1.15 bits per heavy atom. The molecule has 0 aliphatic rings. The Balaban J connectivity index is 2.33. The van der Waals surface area contributed by atoms with Crippen LogP contribution in [0.3, 0.4) is 0 Å². The van der Waals surface area contributed by atoms with Gasteiger partial charge in [0.15, 0.2) is 0 Å². The largest absolute Gasteiger partial charge is 0.423 e. The van der Waals surface area contributed by atoms with Crippen molar-refractivity contribution >= 4 is 5.97 Å². The van der Waals surface area contributed by atoms with E-state index in [1.165, 1.54) is 12.1 Å². The monoisotopic (exact) mass is 272 g/mol. The number of hydrogen-bond donors (Lipinski definition) is 0. The van der Waals surface area contributed by atoms with Crippen LogP contribution in [0.1, 0.15) is 41.3 Å². The third-order valence-corrected chi connectivity index (χ3v) is 3.09. The van der Waals surface area contributed by atoms with E-state index in [2.05, 4.69) is 0 Å². The van der Waals surface area contributed by atoms with Gasteiger partial charge < -0.3 is 4.74 Å². The molecular weight excluding hydrogens is 255 g/mol. The molecule has 2 aromatic rings. The van der Waals surface area contributed by atoms with Gasteiger partial charge in [0, 0.05) is 0 Å². The Labute approximate surface area is 118 Å². The highest BCUT2D eigenvalue weighted by Gasteiger charge is 2.16. The average molecular weight is 272 g/mol. The first kappa shape index (κ1) is 14.3. The summed E-state index contributed by atoms with van der Waals surface area (Å²) in [6.07, 6.45) is 0. The predicted octanol–water partition coefficient (Wildman–Crippen LogP) is 4.48. The van der Waals surface area contributed by atoms with Crippen molar-refractivity contribution < 1.29 is 13.9 Å². The van der Waals surface area contributed by atoms with Crippen molar-refractivity contribution in [1.29, 1.82) is 0 Å². The Kier molecular flexibility index (Phi) is 4.18. The van der Waals surface area contributed by atoms with Crippen molar-refractivity contribution in [2.75, 3.05) is 0 Å². The van der Waals surface area contributed by atoms with Gasteiger partial charge in [-0.25, -0.2) is 9.18 Å². The van der Waals surface area contributed by atoms with E-state index in [1.807, 2.05) is 32.9 Å². The molecule has 0 amide bonds. The maximum absolute atomic E-state index is 13.6. The lowest BCUT2D eigenvalue weighted by atomic mass is 10.0. The Bertz CT molecular complexity index is 633. The van der Waals surface area contributed by atoms with Gasteiger partial charge in [-0.3, -0.25) is 0 Å². The summed E-state index contributed by atoms with van der Waals surface area (Å²) < 4.78 is 19.0. The number of carbonyl (C=O) groups excluding carboxylic acids is 1. The fourth-order valence-electron chi connectivity index (χ4n) is 1.99. The summed E-state index contributed by atoms with van der Waals surface area (Å²) in [5, 5.41) is 0. The van der Waals surface area contributed by atoms with Crippen molar-refractivity contribution in [3.8, 4) is 5.75 Å². The first-order valence-electron chi connectivity index (χ1n) is 6.56. The molecule has 2 nitrogen and oxygen atoms in total. The number of aryl methyl sites for hydroxylation is 1. The van der Waals surface area contributed by atoms with Crippen LogP contribution in [-0.4, -0.2) is 5.97 Å². The van der Waals surface area contributed by atoms with Crippen LogP contribution < -0.4 is 4.74 Å². The third kappa shape index (κ3) is 3.05. The number of halogens is 1. The van der Waals surface area contributed by atoms with E-state index in [9.17, 15) is 9.18 Å². The Hall–Kier alpha value is -2.16. The van der Waals surface area contributed by atoms with E-state index in [4.69, 9.17) is 4.74 Å². The molecule has 0 aliphatic heterocycles. The van der Waals surface area contributed by atoms with Crippen molar-refractivity contribution in [3.63, 3.8) is 0 Å². The summed E-state index contributed by atoms with van der Waals surface area (Å²) in [6, 6.07) is 11.5. The zero-order valence-corrected chi connectivity index (χ0v) is 11.8. The Morgan fingerprint density at radius 3 is 2.50 bits per heavy atom. The second kappa shape index (κ2) is 5.87. The van der Waals surface area contributed by atoms with Gasteiger partial charge in [-0.05, 0) is 42.2 Å². The highest BCUT2D eigenvalue weighted by atomic mass is 19.1. The number of benzene rings is 2. The maximum atomic E-state index is 13.6. The summed E-state index contributed by atoms with van der Waals surface area (Å²) in [5.41, 5.74) is 1.87. The van der Waals surface area contributed by atoms with Crippen molar-refractivity contribution in [3.05, 3.63) is 65.0 Å². The van der Waals surface area contributed by atoms with Crippen LogP contribution in [0, 0.1) is 12.7 Å². The van der Waals surface area contributed by atoms with Gasteiger partial charge in [0.2, 0.25) is 0 Å². The minimum Gasteiger partial charge on any atom is -0.423 e. The first-order chi connectivity index (χ1) is 9.49. The van der Waals surface area contributed by atoms with E-state index in [-0.39, 0.29) is 11.5 Å². The van der Waals surface area contributed by atoms with Gasteiger partial charge in [0.1, 0.15) is 11.6 Å². The smallest absolute Gasteiger partial charge is 0.346 e. The summed E-state index contributed by atoms with van der Waals surface area (Å²) in [7, 11) is 0. The normalized spacial score (nSPS) is 10.7. The van der Waals surface area contributed by atoms with Crippen molar-refractivity contribution in [1.82, 2.24) is 0 Å². The molecule has 0 radical (unpaired) electrons. The summed E-state index contributed by atoms with van der Waals surface area (Å²) in [4.78, 5) is 12.1. The van der Waals surface area contributed by atoms with E-state index in [0.29, 0.717) is 5.75 Å². The van der Waals surface area contributed by atoms with Crippen LogP contribution >= 0.6 is 0 Å². The van der Waals surface area contributed by atoms with Gasteiger partial charge in [-0.2, -0.15) is 0 Å². The molecule has 0 spiro atoms. The molecule has 0 atom stereocenters. The molecule has 104 valence electrons. The fraction of sp³-hybridized carbons (Fsp3) is 0.235. The second-order valence-electron chi connectivity index (χ2n) is 5.07. The molecule has 0 saturated heterocycles. The fourth-order valence-corrected chi connectivity index (χ4v) is 1.99. The van der Waals surface area contributed by atoms with Crippen LogP contribution in [0.5, 0.6) is 5.75 Å². The minimum absolute atomic E-state index is 0.0521. The van der Waals surface area contributed by atoms with E-state index >= 15 is 0 Å². The van der Waals surface area contributed by atoms with Gasteiger partial charge in [-0.1, -0.05) is 38.1 Å². The lowest BCUT2D eigenvalue weighted by molar-refractivity contribution is 0.0728. The molecule has 0 N–H and O–H groups in total. The van der Waals surface area contributed by atoms with E-state index in [0.717, 1.165) is 11.1 Å². The van der Waals surface area contributed by atoms with Gasteiger partial charge >= 0.3 is 5.97 Å². The van der Waals surface area contributed by atoms with Crippen LogP contribution in [0.25, 0.3) is 0 Å². The molecule has 0 saturated carbocycles. The van der Waals surface area contributed by atoms with Crippen molar-refractivity contribution in [2.24, 2.45) is 0 Å². The first-order valence-corrected chi connectivity index (χ1v) is 6.56. The molecule has 0 aromatic heterocycles. The van der Waals surface area contributed by atoms with Gasteiger partial charge in [-0.15, -0.1) is 0 Å². The maximum Gasteiger partial charge on any atom is 0.346 e. The van der Waals surface area contributed by atoms with E-state index < -0.39 is 11.8 Å². The number of ether oxygens (including phenoxy) is 1. The van der Waals surface area contributed by atoms with E-state index in [1.54, 1.807) is 18.2 Å². The number of rotatable bonds is 3. The summed E-state index contributed by atoms with van der Waals surface area (Å²) >= 11 is 0. The minimum atomic E-state index is -0.671. The number of hydrogen-bond acceptors (Lipinski definition) is 2. The highest BCUT2D eigenvalue weighted by Crippen LogP contribution is 2.28. The predicted molar refractivity (Wildman–Crippen MR) is 76.6 cm³/mol. The molecular formula is C17H17FO2. The molecule has 0 fully saturated rings. The molecule has 2 rings (SSSR count). The zero-order valence-electron chi connectivity index (χ0n) is 11.8. The zero-order chi connectivity index (χ0) is 14.7. The molecule has 0 aliphatic carbocycles. The topological polar surface area (TPSA) is 26.3 Å². The van der Waals surface area contributed by atoms with Crippen molar-refractivity contribution in [2.45, 2.75) is 26.7 Å². The molecule has 2 aromatic carbocycles. The summed E-state index contributed by atoms with van der Waals surface area (Å²) in [6.45, 7) is 5.96. The molecule has 0 heterocycles. The highest BCUT2D eigenvalue weighted by molar-refractivity contribution is 5.91. The van der Waals surface area contributed by atoms with Gasteiger partial charge in [0.25, 0.3) is 0 Å². The molecule has 0 unspecified atom stereocenters. The third-order valence-electron chi connectivity index (χ3n) is 3.09. The second-order valence-corrected chi connectivity index (χ2v) is 5.07. The van der Waals surface area contributed by atoms with Crippen LogP contribution in [0.4, 0.5) is 4.39 Å². The van der Waals surface area contributed by atoms with Crippen LogP contribution in [-0.2, 0) is 0 Å². The lowest BCUT2D eigenvalue weighted by Crippen LogP contribution is -2.12. The quantitative estimate of drug-likeness (QED) is 0.608. The standard InChI is InChI=1S/C17H17FO2/c1-11(2)13-9-8-12(3)10-16(13)20-17(19)14-6-4-5-7-15(14)18/h4-11H,1-3H3. The molecule has 0 bridgehead atoms. The molecule has 3 heteroatoms. The molecule has 20 heavy (non-hydrogen) atoms. The SMILES string of the molecule is Cc1ccc(C(C)C)c(OC(=O)c2ccccc2F)c1. The Morgan fingerprint density at radius 2 is 1.85 bits per heavy atom.